The van der Waals surface area contributed by atoms with Crippen molar-refractivity contribution in [3.8, 4) is 20.9 Å². The number of aryl methyl sites for hydroxylation is 1. The van der Waals surface area contributed by atoms with E-state index < -0.39 is 0 Å². The zero-order valence-corrected chi connectivity index (χ0v) is 17.7. The molecule has 0 aliphatic heterocycles. The molecule has 0 fully saturated rings. The summed E-state index contributed by atoms with van der Waals surface area (Å²) in [6.07, 6.45) is 7.33. The average molecular weight is 413 g/mol. The molecule has 2 aromatic carbocycles. The number of H-pyrrole nitrogens is 1. The molecule has 29 heavy (non-hydrogen) atoms. The van der Waals surface area contributed by atoms with Gasteiger partial charge in [0.1, 0.15) is 0 Å². The van der Waals surface area contributed by atoms with Crippen LogP contribution in [-0.4, -0.2) is 10.2 Å². The summed E-state index contributed by atoms with van der Waals surface area (Å²) in [7, 11) is 0. The summed E-state index contributed by atoms with van der Waals surface area (Å²) in [5, 5.41) is 8.46. The van der Waals surface area contributed by atoms with E-state index in [4.69, 9.17) is 0 Å². The Balaban J connectivity index is 1.37. The minimum Gasteiger partial charge on any atom is -0.277 e. The smallest absolute Gasteiger partial charge is 0.0736 e. The second-order valence-electron chi connectivity index (χ2n) is 7.01. The molecule has 4 heteroatoms. The second-order valence-corrected chi connectivity index (χ2v) is 9.47. The fourth-order valence-corrected chi connectivity index (χ4v) is 5.48. The van der Waals surface area contributed by atoms with Crippen molar-refractivity contribution in [1.82, 2.24) is 10.2 Å². The molecule has 0 radical (unpaired) electrons. The van der Waals surface area contributed by atoms with Gasteiger partial charge in [0.25, 0.3) is 0 Å². The summed E-state index contributed by atoms with van der Waals surface area (Å²) in [6.45, 7) is 2.16. The zero-order chi connectivity index (χ0) is 19.6. The third-order valence-electron chi connectivity index (χ3n) is 4.99. The van der Waals surface area contributed by atoms with Gasteiger partial charge < -0.3 is 0 Å². The van der Waals surface area contributed by atoms with Gasteiger partial charge in [0.15, 0.2) is 0 Å². The molecule has 1 N–H and O–H groups in total. The van der Waals surface area contributed by atoms with E-state index in [9.17, 15) is 0 Å². The number of aromatic amines is 1. The first kappa shape index (κ1) is 18.1. The van der Waals surface area contributed by atoms with E-state index in [1.165, 1.54) is 36.2 Å². The summed E-state index contributed by atoms with van der Waals surface area (Å²) >= 11 is 3.69. The fraction of sp³-hybridized carbons (Fsp3) is 0.0800. The SMILES string of the molecule is Cc1ccc(-c2ccccc2/C=C\Cc2ccc(-c3cccc4cn[nH]c34)s2)s1. The molecule has 0 atom stereocenters. The highest BCUT2D eigenvalue weighted by Gasteiger charge is 2.08. The summed E-state index contributed by atoms with van der Waals surface area (Å²) < 4.78 is 0. The molecule has 0 saturated carbocycles. The number of thiophene rings is 2. The standard InChI is InChI=1S/C25H20N2S2/c1-17-12-14-23(28-17)21-10-3-2-6-18(21)7-4-9-20-13-15-24(29-20)22-11-5-8-19-16-26-27-25(19)22/h2-8,10-16H,9H2,1H3,(H,26,27)/b7-4-. The average Bonchev–Trinajstić information content (AvgIpc) is 3.48. The predicted octanol–water partition coefficient (Wildman–Crippen LogP) is 7.58. The van der Waals surface area contributed by atoms with E-state index in [0.29, 0.717) is 0 Å². The minimum atomic E-state index is 0.932. The van der Waals surface area contributed by atoms with Crippen molar-refractivity contribution in [3.63, 3.8) is 0 Å². The number of fused-ring (bicyclic) bond motifs is 1. The van der Waals surface area contributed by atoms with Crippen LogP contribution in [-0.2, 0) is 6.42 Å². The lowest BCUT2D eigenvalue weighted by Crippen LogP contribution is -1.80. The summed E-state index contributed by atoms with van der Waals surface area (Å²) in [5.41, 5.74) is 4.91. The molecule has 3 heterocycles. The number of hydrogen-bond acceptors (Lipinski definition) is 3. The first-order chi connectivity index (χ1) is 14.3. The third-order valence-corrected chi connectivity index (χ3v) is 7.16. The van der Waals surface area contributed by atoms with E-state index in [2.05, 4.69) is 96.0 Å². The fourth-order valence-electron chi connectivity index (χ4n) is 3.55. The van der Waals surface area contributed by atoms with E-state index in [1.54, 1.807) is 0 Å². The quantitative estimate of drug-likeness (QED) is 0.316. The number of aromatic nitrogens is 2. The zero-order valence-electron chi connectivity index (χ0n) is 16.1. The first-order valence-electron chi connectivity index (χ1n) is 9.61. The van der Waals surface area contributed by atoms with Crippen molar-refractivity contribution in [2.75, 3.05) is 0 Å². The first-order valence-corrected chi connectivity index (χ1v) is 11.2. The molecule has 3 aromatic heterocycles. The van der Waals surface area contributed by atoms with Crippen molar-refractivity contribution < 1.29 is 0 Å². The van der Waals surface area contributed by atoms with Gasteiger partial charge in [-0.25, -0.2) is 0 Å². The van der Waals surface area contributed by atoms with Gasteiger partial charge in [0.2, 0.25) is 0 Å². The topological polar surface area (TPSA) is 28.7 Å². The van der Waals surface area contributed by atoms with Crippen LogP contribution < -0.4 is 0 Å². The number of para-hydroxylation sites is 1. The maximum absolute atomic E-state index is 4.18. The molecule has 0 spiro atoms. The molecule has 0 bridgehead atoms. The lowest BCUT2D eigenvalue weighted by atomic mass is 10.1. The molecule has 0 saturated heterocycles. The molecule has 142 valence electrons. The number of nitrogens with zero attached hydrogens (tertiary/aromatic N) is 1. The van der Waals surface area contributed by atoms with Gasteiger partial charge in [-0.05, 0) is 42.3 Å². The Morgan fingerprint density at radius 3 is 2.59 bits per heavy atom. The van der Waals surface area contributed by atoms with Crippen molar-refractivity contribution in [1.29, 1.82) is 0 Å². The number of rotatable bonds is 5. The van der Waals surface area contributed by atoms with Crippen LogP contribution in [0.5, 0.6) is 0 Å². The van der Waals surface area contributed by atoms with E-state index in [-0.39, 0.29) is 0 Å². The van der Waals surface area contributed by atoms with Crippen LogP contribution in [0.15, 0.2) is 79.0 Å². The Bertz CT molecular complexity index is 1300. The van der Waals surface area contributed by atoms with Crippen LogP contribution in [0, 0.1) is 6.92 Å². The largest absolute Gasteiger partial charge is 0.277 e. The number of allylic oxidation sites excluding steroid dienone is 1. The third kappa shape index (κ3) is 3.69. The van der Waals surface area contributed by atoms with E-state index >= 15 is 0 Å². The molecule has 0 amide bonds. The van der Waals surface area contributed by atoms with Crippen LogP contribution in [0.3, 0.4) is 0 Å². The maximum atomic E-state index is 4.18. The summed E-state index contributed by atoms with van der Waals surface area (Å²) in [5.74, 6) is 0. The predicted molar refractivity (Wildman–Crippen MR) is 127 cm³/mol. The number of benzene rings is 2. The Labute approximate surface area is 178 Å². The molecular formula is C25H20N2S2. The Morgan fingerprint density at radius 2 is 1.69 bits per heavy atom. The Hall–Kier alpha value is -2.95. The molecule has 5 rings (SSSR count). The van der Waals surface area contributed by atoms with Gasteiger partial charge in [0.05, 0.1) is 11.7 Å². The van der Waals surface area contributed by atoms with Crippen LogP contribution in [0.1, 0.15) is 15.3 Å². The Kier molecular flexibility index (Phi) is 4.88. The molecule has 0 aliphatic rings. The summed E-state index contributed by atoms with van der Waals surface area (Å²) in [6, 6.07) is 23.8. The van der Waals surface area contributed by atoms with E-state index in [0.717, 1.165) is 17.3 Å². The highest BCUT2D eigenvalue weighted by molar-refractivity contribution is 7.15. The number of nitrogens with one attached hydrogen (secondary N) is 1. The van der Waals surface area contributed by atoms with E-state index in [1.807, 2.05) is 28.9 Å². The normalized spacial score (nSPS) is 11.6. The minimum absolute atomic E-state index is 0.932. The van der Waals surface area contributed by atoms with Gasteiger partial charge in [0, 0.05) is 36.9 Å². The monoisotopic (exact) mass is 412 g/mol. The lowest BCUT2D eigenvalue weighted by Gasteiger charge is -2.03. The Morgan fingerprint density at radius 1 is 0.862 bits per heavy atom. The molecular weight excluding hydrogens is 392 g/mol. The van der Waals surface area contributed by atoms with Gasteiger partial charge in [-0.3, -0.25) is 5.10 Å². The maximum Gasteiger partial charge on any atom is 0.0736 e. The van der Waals surface area contributed by atoms with Crippen LogP contribution in [0.4, 0.5) is 0 Å². The molecule has 5 aromatic rings. The van der Waals surface area contributed by atoms with Gasteiger partial charge in [-0.2, -0.15) is 5.10 Å². The van der Waals surface area contributed by atoms with Crippen molar-refractivity contribution in [3.05, 3.63) is 94.3 Å². The second kappa shape index (κ2) is 7.82. The van der Waals surface area contributed by atoms with Crippen molar-refractivity contribution in [2.45, 2.75) is 13.3 Å². The number of hydrogen-bond donors (Lipinski definition) is 1. The molecule has 0 aliphatic carbocycles. The highest BCUT2D eigenvalue weighted by atomic mass is 32.1. The highest BCUT2D eigenvalue weighted by Crippen LogP contribution is 2.34. The van der Waals surface area contributed by atoms with Gasteiger partial charge >= 0.3 is 0 Å². The van der Waals surface area contributed by atoms with Gasteiger partial charge in [-0.1, -0.05) is 54.6 Å². The van der Waals surface area contributed by atoms with Crippen LogP contribution in [0.25, 0.3) is 37.9 Å². The molecule has 2 nitrogen and oxygen atoms in total. The van der Waals surface area contributed by atoms with Gasteiger partial charge in [-0.15, -0.1) is 22.7 Å². The van der Waals surface area contributed by atoms with Crippen LogP contribution in [0.2, 0.25) is 0 Å². The van der Waals surface area contributed by atoms with Crippen molar-refractivity contribution in [2.24, 2.45) is 0 Å². The van der Waals surface area contributed by atoms with Crippen molar-refractivity contribution >= 4 is 39.7 Å². The summed E-state index contributed by atoms with van der Waals surface area (Å²) in [4.78, 5) is 5.31. The molecule has 0 unspecified atom stereocenters. The van der Waals surface area contributed by atoms with Crippen LogP contribution >= 0.6 is 22.7 Å². The lowest BCUT2D eigenvalue weighted by molar-refractivity contribution is 1.12.